The van der Waals surface area contributed by atoms with E-state index in [1.807, 2.05) is 97.1 Å². The second kappa shape index (κ2) is 15.6. The third-order valence-electron chi connectivity index (χ3n) is 5.89. The Labute approximate surface area is 231 Å². The average molecular weight is 608 g/mol. The van der Waals surface area contributed by atoms with Crippen LogP contribution in [0.2, 0.25) is 0 Å². The maximum absolute atomic E-state index is 12.1. The highest BCUT2D eigenvalue weighted by Gasteiger charge is 2.08. The normalized spacial score (nSPS) is 11.3. The number of carbonyl (C=O) groups is 1. The van der Waals surface area contributed by atoms with Crippen LogP contribution in [0.15, 0.2) is 109 Å². The highest BCUT2D eigenvalue weighted by atomic mass is 79.9. The molecule has 0 aliphatic carbocycles. The summed E-state index contributed by atoms with van der Waals surface area (Å²) in [5.74, 6) is 0.173. The van der Waals surface area contributed by atoms with Crippen molar-refractivity contribution in [2.45, 2.75) is 31.8 Å². The molecule has 1 unspecified atom stereocenters. The van der Waals surface area contributed by atoms with Gasteiger partial charge in [0.05, 0.1) is 6.10 Å². The Hall–Kier alpha value is -2.53. The monoisotopic (exact) mass is 606 g/mol. The second-order valence-electron chi connectivity index (χ2n) is 8.61. The number of Topliss-reactive ketones (excluding diaryl/α,β-unsaturated/α-hetero) is 1. The van der Waals surface area contributed by atoms with Gasteiger partial charge in [0.2, 0.25) is 0 Å². The van der Waals surface area contributed by atoms with Gasteiger partial charge in [0.25, 0.3) is 0 Å². The molecular weight excluding hydrogens is 576 g/mol. The van der Waals surface area contributed by atoms with Gasteiger partial charge in [-0.1, -0.05) is 141 Å². The number of carbonyl (C=O) groups excluding carboxylic acids is 1. The molecule has 0 radical (unpaired) electrons. The Morgan fingerprint density at radius 2 is 1.08 bits per heavy atom. The number of aliphatic hydroxyl groups excluding tert-OH is 1. The molecule has 0 spiro atoms. The van der Waals surface area contributed by atoms with Crippen molar-refractivity contribution in [3.63, 3.8) is 0 Å². The lowest BCUT2D eigenvalue weighted by atomic mass is 10.00. The first kappa shape index (κ1) is 28.0. The number of hydrogen-bond acceptors (Lipinski definition) is 2. The number of hydrogen-bond donors (Lipinski definition) is 1. The molecule has 0 aromatic heterocycles. The van der Waals surface area contributed by atoms with E-state index in [1.54, 1.807) is 0 Å². The highest BCUT2D eigenvalue weighted by molar-refractivity contribution is 9.09. The van der Waals surface area contributed by atoms with Gasteiger partial charge in [-0.15, -0.1) is 0 Å². The van der Waals surface area contributed by atoms with E-state index in [2.05, 4.69) is 44.0 Å². The Kier molecular flexibility index (Phi) is 12.1. The standard InChI is InChI=1S/C16H17BrO.C16H15BrO/c2*17-11-10-13-6-8-15(9-7-13)16(18)12-14-4-2-1-3-5-14/h1-9,16,18H,10-12H2;1-9H,10-12H2. The van der Waals surface area contributed by atoms with Gasteiger partial charge in [-0.25, -0.2) is 0 Å². The van der Waals surface area contributed by atoms with Crippen LogP contribution in [0.4, 0.5) is 0 Å². The van der Waals surface area contributed by atoms with E-state index in [0.29, 0.717) is 12.8 Å². The van der Waals surface area contributed by atoms with Crippen LogP contribution in [-0.4, -0.2) is 21.5 Å². The minimum Gasteiger partial charge on any atom is -0.388 e. The highest BCUT2D eigenvalue weighted by Crippen LogP contribution is 2.19. The first-order valence-electron chi connectivity index (χ1n) is 12.2. The quantitative estimate of drug-likeness (QED) is 0.147. The largest absolute Gasteiger partial charge is 0.388 e. The third-order valence-corrected chi connectivity index (χ3v) is 6.68. The number of aryl methyl sites for hydroxylation is 2. The summed E-state index contributed by atoms with van der Waals surface area (Å²) in [4.78, 5) is 12.1. The van der Waals surface area contributed by atoms with Crippen LogP contribution >= 0.6 is 31.9 Å². The fourth-order valence-corrected chi connectivity index (χ4v) is 4.74. The predicted octanol–water partition coefficient (Wildman–Crippen LogP) is 7.95. The average Bonchev–Trinajstić information content (AvgIpc) is 2.91. The smallest absolute Gasteiger partial charge is 0.167 e. The lowest BCUT2D eigenvalue weighted by Gasteiger charge is -2.11. The van der Waals surface area contributed by atoms with Gasteiger partial charge in [-0.05, 0) is 40.7 Å². The van der Waals surface area contributed by atoms with Crippen molar-refractivity contribution in [2.75, 3.05) is 10.7 Å². The van der Waals surface area contributed by atoms with Gasteiger partial charge in [-0.3, -0.25) is 4.79 Å². The molecule has 0 bridgehead atoms. The molecule has 0 saturated heterocycles. The van der Waals surface area contributed by atoms with Gasteiger partial charge >= 0.3 is 0 Å². The van der Waals surface area contributed by atoms with E-state index >= 15 is 0 Å². The van der Waals surface area contributed by atoms with Gasteiger partial charge in [0, 0.05) is 29.1 Å². The molecule has 4 rings (SSSR count). The summed E-state index contributed by atoms with van der Waals surface area (Å²) >= 11 is 6.84. The molecule has 0 aliphatic rings. The number of alkyl halides is 2. The molecule has 0 saturated carbocycles. The topological polar surface area (TPSA) is 37.3 Å². The zero-order valence-corrected chi connectivity index (χ0v) is 23.5. The van der Waals surface area contributed by atoms with Crippen molar-refractivity contribution in [1.29, 1.82) is 0 Å². The molecule has 1 atom stereocenters. The van der Waals surface area contributed by atoms with Gasteiger partial charge in [0.15, 0.2) is 5.78 Å². The molecule has 0 aliphatic heterocycles. The molecule has 1 N–H and O–H groups in total. The summed E-state index contributed by atoms with van der Waals surface area (Å²) in [7, 11) is 0. The van der Waals surface area contributed by atoms with E-state index in [9.17, 15) is 9.90 Å². The van der Waals surface area contributed by atoms with E-state index in [1.165, 1.54) is 11.1 Å². The summed E-state index contributed by atoms with van der Waals surface area (Å²) in [5, 5.41) is 12.1. The van der Waals surface area contributed by atoms with Crippen molar-refractivity contribution < 1.29 is 9.90 Å². The molecule has 0 amide bonds. The summed E-state index contributed by atoms with van der Waals surface area (Å²) in [5.41, 5.74) is 6.54. The molecular formula is C32H32Br2O2. The second-order valence-corrected chi connectivity index (χ2v) is 10.2. The zero-order chi connectivity index (χ0) is 25.6. The van der Waals surface area contributed by atoms with Crippen LogP contribution in [0.1, 0.15) is 44.3 Å². The van der Waals surface area contributed by atoms with E-state index in [4.69, 9.17) is 0 Å². The summed E-state index contributed by atoms with van der Waals surface area (Å²) in [6.07, 6.45) is 2.73. The maximum Gasteiger partial charge on any atom is 0.167 e. The van der Waals surface area contributed by atoms with E-state index in [0.717, 1.165) is 45.8 Å². The molecule has 4 heteroatoms. The molecule has 186 valence electrons. The van der Waals surface area contributed by atoms with Crippen LogP contribution < -0.4 is 0 Å². The van der Waals surface area contributed by atoms with Crippen molar-refractivity contribution in [1.82, 2.24) is 0 Å². The van der Waals surface area contributed by atoms with Crippen LogP contribution in [0.3, 0.4) is 0 Å². The first-order valence-corrected chi connectivity index (χ1v) is 14.4. The Morgan fingerprint density at radius 1 is 0.611 bits per heavy atom. The van der Waals surface area contributed by atoms with E-state index in [-0.39, 0.29) is 5.78 Å². The summed E-state index contributed by atoms with van der Waals surface area (Å²) < 4.78 is 0. The van der Waals surface area contributed by atoms with Crippen LogP contribution in [0.25, 0.3) is 0 Å². The zero-order valence-electron chi connectivity index (χ0n) is 20.3. The predicted molar refractivity (Wildman–Crippen MR) is 157 cm³/mol. The van der Waals surface area contributed by atoms with Crippen LogP contribution in [0, 0.1) is 0 Å². The number of rotatable bonds is 10. The van der Waals surface area contributed by atoms with Crippen molar-refractivity contribution in [3.05, 3.63) is 143 Å². The summed E-state index contributed by atoms with van der Waals surface area (Å²) in [6.45, 7) is 0. The lowest BCUT2D eigenvalue weighted by Crippen LogP contribution is -2.03. The Bertz CT molecular complexity index is 1160. The third kappa shape index (κ3) is 9.50. The van der Waals surface area contributed by atoms with E-state index < -0.39 is 6.10 Å². The van der Waals surface area contributed by atoms with Crippen LogP contribution in [0.5, 0.6) is 0 Å². The van der Waals surface area contributed by atoms with Gasteiger partial charge < -0.3 is 5.11 Å². The number of aliphatic hydroxyl groups is 1. The molecule has 0 heterocycles. The molecule has 4 aromatic rings. The number of halogens is 2. The maximum atomic E-state index is 12.1. The van der Waals surface area contributed by atoms with Gasteiger partial charge in [0.1, 0.15) is 0 Å². The van der Waals surface area contributed by atoms with Crippen molar-refractivity contribution >= 4 is 37.6 Å². The first-order chi connectivity index (χ1) is 17.6. The Morgan fingerprint density at radius 3 is 1.58 bits per heavy atom. The fraction of sp³-hybridized carbons (Fsp3) is 0.219. The van der Waals surface area contributed by atoms with Crippen molar-refractivity contribution in [3.8, 4) is 0 Å². The van der Waals surface area contributed by atoms with Crippen molar-refractivity contribution in [2.24, 2.45) is 0 Å². The van der Waals surface area contributed by atoms with Crippen LogP contribution in [-0.2, 0) is 25.7 Å². The molecule has 2 nitrogen and oxygen atoms in total. The minimum atomic E-state index is -0.426. The Balaban J connectivity index is 0.000000201. The lowest BCUT2D eigenvalue weighted by molar-refractivity contribution is 0.0993. The van der Waals surface area contributed by atoms with Gasteiger partial charge in [-0.2, -0.15) is 0 Å². The number of benzene rings is 4. The number of ketones is 1. The molecule has 0 fully saturated rings. The fourth-order valence-electron chi connectivity index (χ4n) is 3.82. The SMILES string of the molecule is O=C(Cc1ccccc1)c1ccc(CCBr)cc1.OC(Cc1ccccc1)c1ccc(CCBr)cc1. The molecule has 36 heavy (non-hydrogen) atoms. The minimum absolute atomic E-state index is 0.173. The summed E-state index contributed by atoms with van der Waals surface area (Å²) in [6, 6.07) is 36.0. The molecule has 4 aromatic carbocycles.